The molecular formula is C15H11FN2O2. The third kappa shape index (κ3) is 2.25. The maximum absolute atomic E-state index is 13.9. The topological polar surface area (TPSA) is 54.6 Å². The average molecular weight is 270 g/mol. The van der Waals surface area contributed by atoms with Crippen LogP contribution in [0.3, 0.4) is 0 Å². The van der Waals surface area contributed by atoms with Crippen LogP contribution >= 0.6 is 0 Å². The van der Waals surface area contributed by atoms with Crippen LogP contribution in [0.15, 0.2) is 48.9 Å². The number of aromatic nitrogens is 2. The predicted octanol–water partition coefficient (Wildman–Crippen LogP) is 2.77. The minimum Gasteiger partial charge on any atom is -0.481 e. The van der Waals surface area contributed by atoms with E-state index in [4.69, 9.17) is 5.11 Å². The first-order valence-corrected chi connectivity index (χ1v) is 6.07. The van der Waals surface area contributed by atoms with Crippen LogP contribution in [0.1, 0.15) is 5.56 Å². The van der Waals surface area contributed by atoms with Gasteiger partial charge >= 0.3 is 5.97 Å². The minimum atomic E-state index is -0.872. The Morgan fingerprint density at radius 2 is 2.00 bits per heavy atom. The fourth-order valence-electron chi connectivity index (χ4n) is 2.14. The van der Waals surface area contributed by atoms with E-state index in [-0.39, 0.29) is 17.9 Å². The van der Waals surface area contributed by atoms with E-state index >= 15 is 0 Å². The summed E-state index contributed by atoms with van der Waals surface area (Å²) in [6.45, 7) is 0. The van der Waals surface area contributed by atoms with Crippen LogP contribution < -0.4 is 0 Å². The highest BCUT2D eigenvalue weighted by molar-refractivity contribution is 5.71. The van der Waals surface area contributed by atoms with Gasteiger partial charge in [0.25, 0.3) is 0 Å². The van der Waals surface area contributed by atoms with Gasteiger partial charge in [-0.1, -0.05) is 24.3 Å². The van der Waals surface area contributed by atoms with E-state index < -0.39 is 5.97 Å². The molecule has 4 nitrogen and oxygen atoms in total. The number of halogens is 1. The Labute approximate surface area is 114 Å². The third-order valence-electron chi connectivity index (χ3n) is 3.09. The van der Waals surface area contributed by atoms with Crippen molar-refractivity contribution in [1.82, 2.24) is 9.38 Å². The van der Waals surface area contributed by atoms with E-state index in [1.165, 1.54) is 12.3 Å². The summed E-state index contributed by atoms with van der Waals surface area (Å²) in [5.41, 5.74) is 2.55. The van der Waals surface area contributed by atoms with E-state index in [0.717, 1.165) is 11.1 Å². The summed E-state index contributed by atoms with van der Waals surface area (Å²) in [5, 5.41) is 8.72. The van der Waals surface area contributed by atoms with Crippen molar-refractivity contribution in [2.75, 3.05) is 0 Å². The molecular weight excluding hydrogens is 259 g/mol. The number of nitrogens with zero attached hydrogens (tertiary/aromatic N) is 2. The Kier molecular flexibility index (Phi) is 2.95. The van der Waals surface area contributed by atoms with Crippen molar-refractivity contribution in [1.29, 1.82) is 0 Å². The second-order valence-corrected chi connectivity index (χ2v) is 4.50. The van der Waals surface area contributed by atoms with Crippen molar-refractivity contribution >= 4 is 11.6 Å². The van der Waals surface area contributed by atoms with E-state index in [0.29, 0.717) is 5.56 Å². The molecule has 0 aliphatic rings. The van der Waals surface area contributed by atoms with Crippen LogP contribution in [0.4, 0.5) is 4.39 Å². The molecule has 3 rings (SSSR count). The molecule has 5 heteroatoms. The number of carboxylic acids is 1. The molecule has 20 heavy (non-hydrogen) atoms. The number of hydrogen-bond acceptors (Lipinski definition) is 2. The summed E-state index contributed by atoms with van der Waals surface area (Å²) < 4.78 is 15.5. The van der Waals surface area contributed by atoms with Crippen molar-refractivity contribution in [2.45, 2.75) is 6.42 Å². The largest absolute Gasteiger partial charge is 0.481 e. The molecule has 0 bridgehead atoms. The molecule has 0 spiro atoms. The lowest BCUT2D eigenvalue weighted by Crippen LogP contribution is -1.99. The monoisotopic (exact) mass is 270 g/mol. The van der Waals surface area contributed by atoms with Crippen molar-refractivity contribution < 1.29 is 14.3 Å². The predicted molar refractivity (Wildman–Crippen MR) is 71.9 cm³/mol. The Bertz CT molecular complexity index is 778. The van der Waals surface area contributed by atoms with Crippen LogP contribution in [-0.2, 0) is 11.2 Å². The van der Waals surface area contributed by atoms with Gasteiger partial charge in [0, 0.05) is 24.2 Å². The SMILES string of the molecule is O=C(O)Cc1ccc(-c2cc(F)c3nccn3c2)cc1. The molecule has 0 saturated heterocycles. The van der Waals surface area contributed by atoms with Crippen LogP contribution in [0, 0.1) is 5.82 Å². The van der Waals surface area contributed by atoms with Gasteiger partial charge < -0.3 is 9.51 Å². The molecule has 0 fully saturated rings. The van der Waals surface area contributed by atoms with Gasteiger partial charge in [-0.15, -0.1) is 0 Å². The fourth-order valence-corrected chi connectivity index (χ4v) is 2.14. The van der Waals surface area contributed by atoms with E-state index in [1.807, 2.05) is 0 Å². The second kappa shape index (κ2) is 4.77. The number of carbonyl (C=O) groups is 1. The number of aliphatic carboxylic acids is 1. The first-order chi connectivity index (χ1) is 9.63. The van der Waals surface area contributed by atoms with E-state index in [1.54, 1.807) is 41.1 Å². The lowest BCUT2D eigenvalue weighted by Gasteiger charge is -2.05. The number of imidazole rings is 1. The van der Waals surface area contributed by atoms with Crippen LogP contribution in [0.5, 0.6) is 0 Å². The highest BCUT2D eigenvalue weighted by Crippen LogP contribution is 2.22. The van der Waals surface area contributed by atoms with Gasteiger partial charge in [-0.2, -0.15) is 0 Å². The van der Waals surface area contributed by atoms with E-state index in [9.17, 15) is 9.18 Å². The molecule has 0 aliphatic carbocycles. The van der Waals surface area contributed by atoms with Crippen molar-refractivity contribution in [3.63, 3.8) is 0 Å². The first kappa shape index (κ1) is 12.3. The third-order valence-corrected chi connectivity index (χ3v) is 3.09. The second-order valence-electron chi connectivity index (χ2n) is 4.50. The summed E-state index contributed by atoms with van der Waals surface area (Å²) >= 11 is 0. The standard InChI is InChI=1S/C15H11FN2O2/c16-13-8-12(9-18-6-5-17-15(13)18)11-3-1-10(2-4-11)7-14(19)20/h1-6,8-9H,7H2,(H,19,20). The normalized spacial score (nSPS) is 10.8. The summed E-state index contributed by atoms with van der Waals surface area (Å²) in [4.78, 5) is 14.5. The molecule has 2 heterocycles. The maximum atomic E-state index is 13.9. The molecule has 1 aromatic carbocycles. The number of pyridine rings is 1. The van der Waals surface area contributed by atoms with Crippen molar-refractivity contribution in [3.05, 3.63) is 60.3 Å². The number of rotatable bonds is 3. The van der Waals surface area contributed by atoms with Crippen LogP contribution in [0.25, 0.3) is 16.8 Å². The Balaban J connectivity index is 2.00. The summed E-state index contributed by atoms with van der Waals surface area (Å²) in [6, 6.07) is 8.47. The van der Waals surface area contributed by atoms with Gasteiger partial charge in [-0.25, -0.2) is 9.37 Å². The van der Waals surface area contributed by atoms with Crippen LogP contribution in [-0.4, -0.2) is 20.5 Å². The highest BCUT2D eigenvalue weighted by atomic mass is 19.1. The average Bonchev–Trinajstić information content (AvgIpc) is 2.87. The number of hydrogen-bond donors (Lipinski definition) is 1. The molecule has 0 saturated carbocycles. The Hall–Kier alpha value is -2.69. The molecule has 0 amide bonds. The minimum absolute atomic E-state index is 0.0187. The molecule has 0 atom stereocenters. The van der Waals surface area contributed by atoms with Gasteiger partial charge in [0.1, 0.15) is 0 Å². The lowest BCUT2D eigenvalue weighted by atomic mass is 10.0. The quantitative estimate of drug-likeness (QED) is 0.796. The van der Waals surface area contributed by atoms with Gasteiger partial charge in [0.15, 0.2) is 11.5 Å². The highest BCUT2D eigenvalue weighted by Gasteiger charge is 2.07. The van der Waals surface area contributed by atoms with Gasteiger partial charge in [-0.05, 0) is 17.2 Å². The molecule has 0 unspecified atom stereocenters. The zero-order valence-electron chi connectivity index (χ0n) is 10.5. The summed E-state index contributed by atoms with van der Waals surface area (Å²) in [7, 11) is 0. The molecule has 3 aromatic rings. The van der Waals surface area contributed by atoms with Gasteiger partial charge in [0.05, 0.1) is 6.42 Å². The maximum Gasteiger partial charge on any atom is 0.307 e. The number of fused-ring (bicyclic) bond motifs is 1. The lowest BCUT2D eigenvalue weighted by molar-refractivity contribution is -0.136. The zero-order chi connectivity index (χ0) is 14.1. The fraction of sp³-hybridized carbons (Fsp3) is 0.0667. The van der Waals surface area contributed by atoms with E-state index in [2.05, 4.69) is 4.98 Å². The van der Waals surface area contributed by atoms with Gasteiger partial charge in [-0.3, -0.25) is 4.79 Å². The molecule has 0 aliphatic heterocycles. The zero-order valence-corrected chi connectivity index (χ0v) is 10.5. The smallest absolute Gasteiger partial charge is 0.307 e. The molecule has 0 radical (unpaired) electrons. The number of benzene rings is 1. The molecule has 1 N–H and O–H groups in total. The first-order valence-electron chi connectivity index (χ1n) is 6.07. The van der Waals surface area contributed by atoms with Crippen LogP contribution in [0.2, 0.25) is 0 Å². The summed E-state index contributed by atoms with van der Waals surface area (Å²) in [5.74, 6) is -1.26. The van der Waals surface area contributed by atoms with Crippen molar-refractivity contribution in [2.24, 2.45) is 0 Å². The Morgan fingerprint density at radius 3 is 2.70 bits per heavy atom. The number of carboxylic acid groups (broad SMARTS) is 1. The summed E-state index contributed by atoms with van der Waals surface area (Å²) in [6.07, 6.45) is 4.99. The molecule has 100 valence electrons. The van der Waals surface area contributed by atoms with Crippen molar-refractivity contribution in [3.8, 4) is 11.1 Å². The Morgan fingerprint density at radius 1 is 1.25 bits per heavy atom. The molecule has 2 aromatic heterocycles. The van der Waals surface area contributed by atoms with Gasteiger partial charge in [0.2, 0.25) is 0 Å².